The molecule has 0 spiro atoms. The molecule has 2 aromatic rings. The normalized spacial score (nSPS) is 16.8. The van der Waals surface area contributed by atoms with Crippen LogP contribution in [0.4, 0.5) is 0 Å². The number of tetrazole rings is 1. The number of nitrogens with zero attached hydrogens (tertiary/aromatic N) is 7. The summed E-state index contributed by atoms with van der Waals surface area (Å²) in [6.45, 7) is 9.26. The first-order chi connectivity index (χ1) is 13.1. The summed E-state index contributed by atoms with van der Waals surface area (Å²) in [7, 11) is 1.65. The molecular weight excluding hydrogens is 346 g/mol. The Morgan fingerprint density at radius 3 is 2.85 bits per heavy atom. The van der Waals surface area contributed by atoms with Crippen molar-refractivity contribution < 1.29 is 9.53 Å². The predicted octanol–water partition coefficient (Wildman–Crippen LogP) is 1.45. The third-order valence-corrected chi connectivity index (χ3v) is 5.34. The van der Waals surface area contributed by atoms with Gasteiger partial charge in [0.05, 0.1) is 18.2 Å². The van der Waals surface area contributed by atoms with Crippen LogP contribution >= 0.6 is 0 Å². The fourth-order valence-electron chi connectivity index (χ4n) is 3.74. The number of aromatic nitrogens is 6. The minimum absolute atomic E-state index is 0.0630. The zero-order valence-electron chi connectivity index (χ0n) is 16.7. The first-order valence-electron chi connectivity index (χ1n) is 9.63. The topological polar surface area (TPSA) is 91.0 Å². The molecule has 0 N–H and O–H groups in total. The van der Waals surface area contributed by atoms with Gasteiger partial charge in [-0.3, -0.25) is 9.48 Å². The number of fused-ring (bicyclic) bond motifs is 1. The van der Waals surface area contributed by atoms with E-state index in [9.17, 15) is 4.79 Å². The van der Waals surface area contributed by atoms with Crippen LogP contribution in [0.5, 0.6) is 0 Å². The maximum Gasteiger partial charge on any atom is 0.233 e. The lowest BCUT2D eigenvalue weighted by Crippen LogP contribution is -2.38. The Kier molecular flexibility index (Phi) is 6.20. The molecule has 1 amide bonds. The molecule has 1 aliphatic heterocycles. The number of aryl methyl sites for hydroxylation is 3. The molecule has 0 saturated carbocycles. The molecule has 1 atom stereocenters. The third kappa shape index (κ3) is 4.02. The number of carbonyl (C=O) groups is 1. The van der Waals surface area contributed by atoms with E-state index in [1.807, 2.05) is 16.5 Å². The maximum absolute atomic E-state index is 13.5. The van der Waals surface area contributed by atoms with Gasteiger partial charge in [0.2, 0.25) is 5.91 Å². The minimum Gasteiger partial charge on any atom is -0.383 e. The van der Waals surface area contributed by atoms with E-state index in [-0.39, 0.29) is 11.8 Å². The van der Waals surface area contributed by atoms with E-state index < -0.39 is 0 Å². The van der Waals surface area contributed by atoms with Crippen molar-refractivity contribution >= 4 is 5.91 Å². The van der Waals surface area contributed by atoms with E-state index in [1.54, 1.807) is 11.8 Å². The molecule has 9 heteroatoms. The van der Waals surface area contributed by atoms with Gasteiger partial charge >= 0.3 is 0 Å². The lowest BCUT2D eigenvalue weighted by Gasteiger charge is -2.26. The van der Waals surface area contributed by atoms with Crippen molar-refractivity contribution in [2.75, 3.05) is 20.3 Å². The van der Waals surface area contributed by atoms with Crippen LogP contribution in [-0.2, 0) is 29.2 Å². The summed E-state index contributed by atoms with van der Waals surface area (Å²) in [5.74, 6) is 0.437. The molecular formula is C18H29N7O2. The van der Waals surface area contributed by atoms with E-state index in [2.05, 4.69) is 34.5 Å². The highest BCUT2D eigenvalue weighted by molar-refractivity contribution is 5.83. The van der Waals surface area contributed by atoms with Crippen LogP contribution in [0.1, 0.15) is 54.9 Å². The van der Waals surface area contributed by atoms with E-state index in [0.717, 1.165) is 49.3 Å². The highest BCUT2D eigenvalue weighted by Gasteiger charge is 2.32. The van der Waals surface area contributed by atoms with Gasteiger partial charge in [-0.15, -0.1) is 5.10 Å². The molecule has 148 valence electrons. The molecule has 0 aliphatic carbocycles. The van der Waals surface area contributed by atoms with Crippen molar-refractivity contribution in [1.82, 2.24) is 34.9 Å². The second-order valence-corrected chi connectivity index (χ2v) is 7.03. The van der Waals surface area contributed by atoms with Crippen molar-refractivity contribution in [1.29, 1.82) is 0 Å². The summed E-state index contributed by atoms with van der Waals surface area (Å²) in [5.41, 5.74) is 3.18. The molecule has 2 aromatic heterocycles. The van der Waals surface area contributed by atoms with Gasteiger partial charge in [0, 0.05) is 44.5 Å². The van der Waals surface area contributed by atoms with Gasteiger partial charge in [-0.1, -0.05) is 6.42 Å². The Morgan fingerprint density at radius 2 is 2.15 bits per heavy atom. The van der Waals surface area contributed by atoms with Crippen LogP contribution < -0.4 is 0 Å². The third-order valence-electron chi connectivity index (χ3n) is 5.34. The largest absolute Gasteiger partial charge is 0.383 e. The Morgan fingerprint density at radius 1 is 1.33 bits per heavy atom. The van der Waals surface area contributed by atoms with Crippen molar-refractivity contribution in [2.24, 2.45) is 0 Å². The molecule has 0 unspecified atom stereocenters. The summed E-state index contributed by atoms with van der Waals surface area (Å²) in [6.07, 6.45) is 2.74. The predicted molar refractivity (Wildman–Crippen MR) is 99.1 cm³/mol. The van der Waals surface area contributed by atoms with E-state index in [0.29, 0.717) is 25.5 Å². The summed E-state index contributed by atoms with van der Waals surface area (Å²) in [4.78, 5) is 15.3. The fourth-order valence-corrected chi connectivity index (χ4v) is 3.74. The number of rotatable bonds is 7. The standard InChI is InChI=1S/C18H29N7O2/c1-5-24-14(3)16(13(2)20-24)12-23(10-11-27-4)18(26)15-8-6-7-9-25-17(15)19-21-22-25/h15H,5-12H2,1-4H3/t15-/m1/s1. The lowest BCUT2D eigenvalue weighted by molar-refractivity contribution is -0.134. The van der Waals surface area contributed by atoms with Gasteiger partial charge in [-0.05, 0) is 44.0 Å². The minimum atomic E-state index is -0.304. The zero-order chi connectivity index (χ0) is 19.4. The second kappa shape index (κ2) is 8.60. The van der Waals surface area contributed by atoms with Gasteiger partial charge in [-0.2, -0.15) is 5.10 Å². The maximum atomic E-state index is 13.5. The number of methoxy groups -OCH3 is 1. The summed E-state index contributed by atoms with van der Waals surface area (Å²) in [5, 5.41) is 16.6. The Bertz CT molecular complexity index is 783. The number of hydrogen-bond acceptors (Lipinski definition) is 6. The average molecular weight is 375 g/mol. The average Bonchev–Trinajstić information content (AvgIpc) is 3.16. The molecule has 0 radical (unpaired) electrons. The van der Waals surface area contributed by atoms with Gasteiger partial charge < -0.3 is 9.64 Å². The summed E-state index contributed by atoms with van der Waals surface area (Å²) >= 11 is 0. The number of ether oxygens (including phenoxy) is 1. The van der Waals surface area contributed by atoms with Crippen LogP contribution in [-0.4, -0.2) is 61.1 Å². The highest BCUT2D eigenvalue weighted by atomic mass is 16.5. The lowest BCUT2D eigenvalue weighted by atomic mass is 10.00. The quantitative estimate of drug-likeness (QED) is 0.727. The highest BCUT2D eigenvalue weighted by Crippen LogP contribution is 2.27. The van der Waals surface area contributed by atoms with E-state index in [4.69, 9.17) is 4.74 Å². The molecule has 1 aliphatic rings. The molecule has 3 rings (SSSR count). The SMILES string of the molecule is CCn1nc(C)c(CN(CCOC)C(=O)[C@@H]2CCCCn3nnnc32)c1C. The van der Waals surface area contributed by atoms with Crippen molar-refractivity contribution in [3.63, 3.8) is 0 Å². The first-order valence-corrected chi connectivity index (χ1v) is 9.63. The monoisotopic (exact) mass is 375 g/mol. The summed E-state index contributed by atoms with van der Waals surface area (Å²) < 4.78 is 9.01. The number of hydrogen-bond donors (Lipinski definition) is 0. The van der Waals surface area contributed by atoms with Crippen LogP contribution in [0.2, 0.25) is 0 Å². The Balaban J connectivity index is 1.87. The Labute approximate surface area is 159 Å². The fraction of sp³-hybridized carbons (Fsp3) is 0.722. The number of carbonyl (C=O) groups excluding carboxylic acids is 1. The van der Waals surface area contributed by atoms with Gasteiger partial charge in [0.1, 0.15) is 0 Å². The number of amides is 1. The van der Waals surface area contributed by atoms with Gasteiger partial charge in [0.25, 0.3) is 0 Å². The zero-order valence-corrected chi connectivity index (χ0v) is 16.7. The van der Waals surface area contributed by atoms with E-state index in [1.165, 1.54) is 0 Å². The van der Waals surface area contributed by atoms with Crippen molar-refractivity contribution in [3.8, 4) is 0 Å². The smallest absolute Gasteiger partial charge is 0.233 e. The molecule has 9 nitrogen and oxygen atoms in total. The van der Waals surface area contributed by atoms with Crippen LogP contribution in [0.3, 0.4) is 0 Å². The second-order valence-electron chi connectivity index (χ2n) is 7.03. The van der Waals surface area contributed by atoms with Crippen LogP contribution in [0.15, 0.2) is 0 Å². The molecule has 0 bridgehead atoms. The molecule has 0 aromatic carbocycles. The summed E-state index contributed by atoms with van der Waals surface area (Å²) in [6, 6.07) is 0. The van der Waals surface area contributed by atoms with Gasteiger partial charge in [-0.25, -0.2) is 4.68 Å². The van der Waals surface area contributed by atoms with Gasteiger partial charge in [0.15, 0.2) is 5.82 Å². The molecule has 0 saturated heterocycles. The molecule has 0 fully saturated rings. The van der Waals surface area contributed by atoms with Crippen LogP contribution in [0, 0.1) is 13.8 Å². The van der Waals surface area contributed by atoms with Crippen molar-refractivity contribution in [2.45, 2.75) is 65.6 Å². The first kappa shape index (κ1) is 19.5. The van der Waals surface area contributed by atoms with Crippen molar-refractivity contribution in [3.05, 3.63) is 22.8 Å². The molecule has 27 heavy (non-hydrogen) atoms. The van der Waals surface area contributed by atoms with Crippen LogP contribution in [0.25, 0.3) is 0 Å². The molecule has 3 heterocycles. The van der Waals surface area contributed by atoms with E-state index >= 15 is 0 Å². The Hall–Kier alpha value is -2.29.